The minimum atomic E-state index is -0.167. The van der Waals surface area contributed by atoms with Crippen molar-refractivity contribution in [3.05, 3.63) is 0 Å². The number of rotatable bonds is 7. The second kappa shape index (κ2) is 5.45. The summed E-state index contributed by atoms with van der Waals surface area (Å²) in [6, 6.07) is 0.621. The first-order valence-corrected chi connectivity index (χ1v) is 7.40. The molecule has 3 fully saturated rings. The maximum absolute atomic E-state index is 9.83. The summed E-state index contributed by atoms with van der Waals surface area (Å²) in [4.78, 5) is 0. The van der Waals surface area contributed by atoms with Crippen LogP contribution >= 0.6 is 0 Å². The molecule has 104 valence electrons. The van der Waals surface area contributed by atoms with Crippen LogP contribution in [0.3, 0.4) is 0 Å². The lowest BCUT2D eigenvalue weighted by atomic mass is 9.94. The SMILES string of the molecule is OCC(COC1CCOCC1)(NC1CC1)C1CC1. The van der Waals surface area contributed by atoms with E-state index in [1.54, 1.807) is 0 Å². The molecule has 1 aliphatic heterocycles. The summed E-state index contributed by atoms with van der Waals surface area (Å²) in [6.07, 6.45) is 7.29. The minimum absolute atomic E-state index is 0.167. The van der Waals surface area contributed by atoms with Gasteiger partial charge in [-0.3, -0.25) is 0 Å². The smallest absolute Gasteiger partial charge is 0.0681 e. The quantitative estimate of drug-likeness (QED) is 0.714. The first-order chi connectivity index (χ1) is 8.82. The highest BCUT2D eigenvalue weighted by molar-refractivity contribution is 5.04. The molecule has 2 aliphatic carbocycles. The van der Waals surface area contributed by atoms with E-state index in [4.69, 9.17) is 9.47 Å². The Morgan fingerprint density at radius 1 is 1.11 bits per heavy atom. The van der Waals surface area contributed by atoms with Gasteiger partial charge in [-0.2, -0.15) is 0 Å². The third kappa shape index (κ3) is 3.05. The molecule has 0 bridgehead atoms. The van der Waals surface area contributed by atoms with Crippen molar-refractivity contribution in [2.45, 2.75) is 56.2 Å². The molecule has 0 spiro atoms. The topological polar surface area (TPSA) is 50.7 Å². The van der Waals surface area contributed by atoms with Gasteiger partial charge >= 0.3 is 0 Å². The lowest BCUT2D eigenvalue weighted by Gasteiger charge is -2.35. The summed E-state index contributed by atoms with van der Waals surface area (Å²) < 4.78 is 11.4. The molecule has 0 amide bonds. The molecule has 3 aliphatic rings. The van der Waals surface area contributed by atoms with Crippen LogP contribution < -0.4 is 5.32 Å². The average Bonchev–Trinajstić information content (AvgIpc) is 3.28. The Morgan fingerprint density at radius 2 is 1.83 bits per heavy atom. The molecular formula is C14H25NO3. The van der Waals surface area contributed by atoms with E-state index in [2.05, 4.69) is 5.32 Å². The van der Waals surface area contributed by atoms with Gasteiger partial charge in [0.05, 0.1) is 24.9 Å². The number of nitrogens with one attached hydrogen (secondary N) is 1. The summed E-state index contributed by atoms with van der Waals surface area (Å²) in [6.45, 7) is 2.50. The van der Waals surface area contributed by atoms with Gasteiger partial charge < -0.3 is 19.9 Å². The van der Waals surface area contributed by atoms with Gasteiger partial charge in [0.15, 0.2) is 0 Å². The Balaban J connectivity index is 1.54. The van der Waals surface area contributed by atoms with Gasteiger partial charge in [0.2, 0.25) is 0 Å². The van der Waals surface area contributed by atoms with Crippen LogP contribution in [0.25, 0.3) is 0 Å². The van der Waals surface area contributed by atoms with Crippen molar-refractivity contribution in [3.63, 3.8) is 0 Å². The predicted octanol–water partition coefficient (Wildman–Crippen LogP) is 1.08. The Morgan fingerprint density at radius 3 is 2.39 bits per heavy atom. The molecule has 2 saturated carbocycles. The van der Waals surface area contributed by atoms with Crippen molar-refractivity contribution in [3.8, 4) is 0 Å². The molecule has 2 N–H and O–H groups in total. The van der Waals surface area contributed by atoms with Crippen molar-refractivity contribution in [1.82, 2.24) is 5.32 Å². The highest BCUT2D eigenvalue weighted by Crippen LogP contribution is 2.42. The van der Waals surface area contributed by atoms with Crippen LogP contribution in [0.5, 0.6) is 0 Å². The Labute approximate surface area is 109 Å². The van der Waals surface area contributed by atoms with E-state index in [-0.39, 0.29) is 12.1 Å². The molecule has 1 saturated heterocycles. The normalized spacial score (nSPS) is 29.2. The minimum Gasteiger partial charge on any atom is -0.394 e. The van der Waals surface area contributed by atoms with Gasteiger partial charge in [0.1, 0.15) is 0 Å². The van der Waals surface area contributed by atoms with E-state index in [1.165, 1.54) is 25.7 Å². The van der Waals surface area contributed by atoms with E-state index in [0.717, 1.165) is 26.1 Å². The fourth-order valence-electron chi connectivity index (χ4n) is 2.88. The Bertz CT molecular complexity index is 272. The van der Waals surface area contributed by atoms with Crippen molar-refractivity contribution < 1.29 is 14.6 Å². The molecule has 4 nitrogen and oxygen atoms in total. The van der Waals surface area contributed by atoms with E-state index in [9.17, 15) is 5.11 Å². The molecule has 4 heteroatoms. The maximum Gasteiger partial charge on any atom is 0.0681 e. The van der Waals surface area contributed by atoms with Crippen LogP contribution in [-0.4, -0.2) is 49.2 Å². The van der Waals surface area contributed by atoms with Crippen LogP contribution in [0.1, 0.15) is 38.5 Å². The summed E-state index contributed by atoms with van der Waals surface area (Å²) >= 11 is 0. The van der Waals surface area contributed by atoms with Gasteiger partial charge in [-0.05, 0) is 44.4 Å². The summed E-state index contributed by atoms with van der Waals surface area (Å²) in [5.41, 5.74) is -0.167. The molecule has 0 aromatic heterocycles. The van der Waals surface area contributed by atoms with E-state index >= 15 is 0 Å². The van der Waals surface area contributed by atoms with Crippen molar-refractivity contribution in [2.75, 3.05) is 26.4 Å². The lowest BCUT2D eigenvalue weighted by molar-refractivity contribution is -0.0642. The highest BCUT2D eigenvalue weighted by atomic mass is 16.5. The molecule has 0 radical (unpaired) electrons. The van der Waals surface area contributed by atoms with Gasteiger partial charge in [-0.25, -0.2) is 0 Å². The summed E-state index contributed by atoms with van der Waals surface area (Å²) in [5, 5.41) is 13.5. The van der Waals surface area contributed by atoms with E-state index in [1.807, 2.05) is 0 Å². The number of aliphatic hydroxyl groups is 1. The Hall–Kier alpha value is -0.160. The van der Waals surface area contributed by atoms with E-state index < -0.39 is 0 Å². The largest absolute Gasteiger partial charge is 0.394 e. The zero-order valence-electron chi connectivity index (χ0n) is 11.1. The number of hydrogen-bond acceptors (Lipinski definition) is 4. The zero-order valence-corrected chi connectivity index (χ0v) is 11.1. The fraction of sp³-hybridized carbons (Fsp3) is 1.00. The van der Waals surface area contributed by atoms with Gasteiger partial charge in [-0.15, -0.1) is 0 Å². The van der Waals surface area contributed by atoms with Crippen molar-refractivity contribution >= 4 is 0 Å². The highest BCUT2D eigenvalue weighted by Gasteiger charge is 2.47. The third-order valence-electron chi connectivity index (χ3n) is 4.45. The first-order valence-electron chi connectivity index (χ1n) is 7.40. The second-order valence-electron chi connectivity index (χ2n) is 6.13. The molecule has 1 unspecified atom stereocenters. The molecule has 1 heterocycles. The molecule has 1 atom stereocenters. The van der Waals surface area contributed by atoms with Crippen LogP contribution in [0.2, 0.25) is 0 Å². The van der Waals surface area contributed by atoms with Crippen LogP contribution in [0.15, 0.2) is 0 Å². The van der Waals surface area contributed by atoms with Crippen molar-refractivity contribution in [2.24, 2.45) is 5.92 Å². The van der Waals surface area contributed by atoms with E-state index in [0.29, 0.717) is 24.7 Å². The molecule has 3 rings (SSSR count). The van der Waals surface area contributed by atoms with Crippen molar-refractivity contribution in [1.29, 1.82) is 0 Å². The molecule has 18 heavy (non-hydrogen) atoms. The summed E-state index contributed by atoms with van der Waals surface area (Å²) in [5.74, 6) is 0.614. The van der Waals surface area contributed by atoms with Gasteiger partial charge in [0, 0.05) is 19.3 Å². The zero-order chi connectivity index (χ0) is 12.4. The standard InChI is InChI=1S/C14H25NO3/c16-9-14(11-1-2-11,15-12-3-4-12)10-18-13-5-7-17-8-6-13/h11-13,15-16H,1-10H2. The number of aliphatic hydroxyl groups excluding tert-OH is 1. The van der Waals surface area contributed by atoms with Crippen LogP contribution in [0, 0.1) is 5.92 Å². The predicted molar refractivity (Wildman–Crippen MR) is 68.5 cm³/mol. The molecule has 0 aromatic rings. The fourth-order valence-corrected chi connectivity index (χ4v) is 2.88. The lowest BCUT2D eigenvalue weighted by Crippen LogP contribution is -2.56. The summed E-state index contributed by atoms with van der Waals surface area (Å²) in [7, 11) is 0. The number of hydrogen-bond donors (Lipinski definition) is 2. The van der Waals surface area contributed by atoms with Crippen LogP contribution in [-0.2, 0) is 9.47 Å². The maximum atomic E-state index is 9.83. The Kier molecular flexibility index (Phi) is 3.89. The average molecular weight is 255 g/mol. The monoisotopic (exact) mass is 255 g/mol. The van der Waals surface area contributed by atoms with Gasteiger partial charge in [-0.1, -0.05) is 0 Å². The first kappa shape index (κ1) is 12.9. The van der Waals surface area contributed by atoms with Crippen LogP contribution in [0.4, 0.5) is 0 Å². The second-order valence-corrected chi connectivity index (χ2v) is 6.13. The molecular weight excluding hydrogens is 230 g/mol. The third-order valence-corrected chi connectivity index (χ3v) is 4.45. The molecule has 0 aromatic carbocycles. The van der Waals surface area contributed by atoms with Gasteiger partial charge in [0.25, 0.3) is 0 Å². The number of ether oxygens (including phenoxy) is 2.